The largest absolute Gasteiger partial charge is 0.480 e. The van der Waals surface area contributed by atoms with Crippen molar-refractivity contribution in [2.24, 2.45) is 11.5 Å². The zero-order chi connectivity index (χ0) is 12.1. The van der Waals surface area contributed by atoms with Crippen LogP contribution in [0.3, 0.4) is 0 Å². The number of rotatable bonds is 7. The molecule has 2 atom stereocenters. The van der Waals surface area contributed by atoms with Gasteiger partial charge in [-0.3, -0.25) is 9.32 Å². The van der Waals surface area contributed by atoms with E-state index in [0.717, 1.165) is 0 Å². The van der Waals surface area contributed by atoms with Gasteiger partial charge in [0.1, 0.15) is 6.04 Å². The molecule has 0 spiro atoms. The second-order valence-corrected chi connectivity index (χ2v) is 4.12. The van der Waals surface area contributed by atoms with Gasteiger partial charge in [0.05, 0.1) is 6.10 Å². The highest BCUT2D eigenvalue weighted by molar-refractivity contribution is 7.46. The van der Waals surface area contributed by atoms with Crippen LogP contribution in [0.25, 0.3) is 0 Å². The van der Waals surface area contributed by atoms with E-state index in [1.165, 1.54) is 0 Å². The molecule has 0 rings (SSSR count). The quantitative estimate of drug-likeness (QED) is 0.342. The van der Waals surface area contributed by atoms with Crippen molar-refractivity contribution in [2.75, 3.05) is 6.54 Å². The Kier molecular flexibility index (Phi) is 5.96. The Balaban J connectivity index is 4.43. The Hall–Kier alpha value is -0.500. The van der Waals surface area contributed by atoms with Crippen molar-refractivity contribution >= 4 is 13.8 Å². The minimum Gasteiger partial charge on any atom is -0.480 e. The van der Waals surface area contributed by atoms with Gasteiger partial charge in [-0.15, -0.1) is 0 Å². The van der Waals surface area contributed by atoms with E-state index in [1.807, 2.05) is 0 Å². The van der Waals surface area contributed by atoms with Gasteiger partial charge in [0.2, 0.25) is 0 Å². The molecule has 90 valence electrons. The van der Waals surface area contributed by atoms with Crippen LogP contribution in [0.15, 0.2) is 0 Å². The number of phosphoric ester groups is 1. The maximum atomic E-state index is 10.5. The molecule has 0 aliphatic carbocycles. The van der Waals surface area contributed by atoms with Crippen molar-refractivity contribution < 1.29 is 28.8 Å². The van der Waals surface area contributed by atoms with Gasteiger partial charge in [-0.2, -0.15) is 0 Å². The molecule has 0 fully saturated rings. The Labute approximate surface area is 86.5 Å². The van der Waals surface area contributed by atoms with Crippen molar-refractivity contribution in [3.63, 3.8) is 0 Å². The molecule has 0 radical (unpaired) electrons. The summed E-state index contributed by atoms with van der Waals surface area (Å²) in [7, 11) is -4.74. The lowest BCUT2D eigenvalue weighted by Gasteiger charge is -2.21. The molecule has 8 nitrogen and oxygen atoms in total. The van der Waals surface area contributed by atoms with E-state index >= 15 is 0 Å². The summed E-state index contributed by atoms with van der Waals surface area (Å²) in [6, 6.07) is -1.48. The molecule has 0 bridgehead atoms. The normalized spacial score (nSPS) is 16.0. The van der Waals surface area contributed by atoms with E-state index < -0.39 is 25.9 Å². The predicted molar refractivity (Wildman–Crippen MR) is 50.8 cm³/mol. The number of carboxylic acids is 1. The van der Waals surface area contributed by atoms with Gasteiger partial charge in [-0.05, 0) is 19.4 Å². The molecule has 9 heteroatoms. The number of phosphoric acid groups is 1. The highest BCUT2D eigenvalue weighted by atomic mass is 31.2. The van der Waals surface area contributed by atoms with Crippen LogP contribution in [0.2, 0.25) is 0 Å². The summed E-state index contributed by atoms with van der Waals surface area (Å²) in [6.07, 6.45) is -0.798. The van der Waals surface area contributed by atoms with E-state index in [4.69, 9.17) is 26.4 Å². The third-order valence-electron chi connectivity index (χ3n) is 1.65. The molecule has 0 saturated carbocycles. The molecule has 0 aliphatic heterocycles. The molecule has 0 amide bonds. The maximum Gasteiger partial charge on any atom is 0.469 e. The summed E-state index contributed by atoms with van der Waals surface area (Å²) in [4.78, 5) is 27.6. The summed E-state index contributed by atoms with van der Waals surface area (Å²) in [6.45, 7) is 0.257. The van der Waals surface area contributed by atoms with Gasteiger partial charge < -0.3 is 26.4 Å². The Morgan fingerprint density at radius 2 is 2.00 bits per heavy atom. The third kappa shape index (κ3) is 6.56. The molecule has 15 heavy (non-hydrogen) atoms. The first kappa shape index (κ1) is 14.5. The van der Waals surface area contributed by atoms with E-state index in [0.29, 0.717) is 6.42 Å². The Morgan fingerprint density at radius 3 is 2.33 bits per heavy atom. The Bertz CT molecular complexity index is 254. The second kappa shape index (κ2) is 6.16. The highest BCUT2D eigenvalue weighted by Crippen LogP contribution is 2.39. The van der Waals surface area contributed by atoms with E-state index in [2.05, 4.69) is 4.52 Å². The lowest BCUT2D eigenvalue weighted by atomic mass is 10.1. The van der Waals surface area contributed by atoms with E-state index in [1.54, 1.807) is 0 Å². The first-order valence-electron chi connectivity index (χ1n) is 4.20. The van der Waals surface area contributed by atoms with Gasteiger partial charge >= 0.3 is 13.8 Å². The Morgan fingerprint density at radius 1 is 1.47 bits per heavy atom. The molecule has 0 heterocycles. The minimum absolute atomic E-state index is 0.0784. The van der Waals surface area contributed by atoms with E-state index in [-0.39, 0.29) is 13.0 Å². The lowest BCUT2D eigenvalue weighted by molar-refractivity contribution is -0.141. The van der Waals surface area contributed by atoms with Crippen LogP contribution in [-0.2, 0) is 13.9 Å². The number of hydrogen-bond donors (Lipinski definition) is 5. The van der Waals surface area contributed by atoms with Crippen LogP contribution in [0.4, 0.5) is 0 Å². The van der Waals surface area contributed by atoms with Crippen molar-refractivity contribution in [3.05, 3.63) is 0 Å². The summed E-state index contributed by atoms with van der Waals surface area (Å²) in [5.74, 6) is -1.38. The number of hydrogen-bond acceptors (Lipinski definition) is 5. The van der Waals surface area contributed by atoms with Gasteiger partial charge in [0, 0.05) is 0 Å². The monoisotopic (exact) mass is 242 g/mol. The number of carboxylic acid groups (broad SMARTS) is 1. The number of nitrogens with two attached hydrogens (primary N) is 2. The predicted octanol–water partition coefficient (Wildman–Crippen LogP) is -1.38. The van der Waals surface area contributed by atoms with E-state index in [9.17, 15) is 9.36 Å². The molecule has 0 aromatic carbocycles. The van der Waals surface area contributed by atoms with Crippen LogP contribution in [-0.4, -0.2) is 39.6 Å². The SMILES string of the molecule is NCCCC(OP(=O)(O)O)C(N)C(=O)O. The molecule has 0 aliphatic rings. The van der Waals surface area contributed by atoms with Gasteiger partial charge in [-0.25, -0.2) is 4.57 Å². The highest BCUT2D eigenvalue weighted by Gasteiger charge is 2.30. The zero-order valence-corrected chi connectivity index (χ0v) is 8.84. The maximum absolute atomic E-state index is 10.5. The summed E-state index contributed by atoms with van der Waals surface area (Å²) in [5, 5.41) is 8.56. The fourth-order valence-corrected chi connectivity index (χ4v) is 1.54. The van der Waals surface area contributed by atoms with Crippen molar-refractivity contribution in [2.45, 2.75) is 25.0 Å². The van der Waals surface area contributed by atoms with Crippen molar-refractivity contribution in [3.8, 4) is 0 Å². The van der Waals surface area contributed by atoms with Gasteiger partial charge in [0.25, 0.3) is 0 Å². The molecule has 0 aromatic heterocycles. The third-order valence-corrected chi connectivity index (χ3v) is 2.20. The number of carbonyl (C=O) groups is 1. The van der Waals surface area contributed by atoms with Crippen molar-refractivity contribution in [1.82, 2.24) is 0 Å². The summed E-state index contributed by atoms with van der Waals surface area (Å²) in [5.41, 5.74) is 10.4. The smallest absolute Gasteiger partial charge is 0.469 e. The first-order chi connectivity index (χ1) is 6.78. The fraction of sp³-hybridized carbons (Fsp3) is 0.833. The van der Waals surface area contributed by atoms with Crippen LogP contribution in [0.1, 0.15) is 12.8 Å². The van der Waals surface area contributed by atoms with Crippen LogP contribution in [0, 0.1) is 0 Å². The van der Waals surface area contributed by atoms with Gasteiger partial charge in [-0.1, -0.05) is 0 Å². The fourth-order valence-electron chi connectivity index (χ4n) is 0.952. The second-order valence-electron chi connectivity index (χ2n) is 2.93. The summed E-state index contributed by atoms with van der Waals surface area (Å²) >= 11 is 0. The molecule has 0 saturated heterocycles. The topological polar surface area (TPSA) is 156 Å². The molecular formula is C6H15N2O6P. The average Bonchev–Trinajstić information content (AvgIpc) is 2.09. The van der Waals surface area contributed by atoms with Crippen LogP contribution >= 0.6 is 7.82 Å². The lowest BCUT2D eigenvalue weighted by Crippen LogP contribution is -2.43. The molecule has 2 unspecified atom stereocenters. The number of aliphatic carboxylic acids is 1. The van der Waals surface area contributed by atoms with Crippen LogP contribution in [0.5, 0.6) is 0 Å². The van der Waals surface area contributed by atoms with Crippen molar-refractivity contribution in [1.29, 1.82) is 0 Å². The average molecular weight is 242 g/mol. The standard InChI is InChI=1S/C6H15N2O6P/c7-3-1-2-4(5(8)6(9)10)14-15(11,12)13/h4-5H,1-3,7-8H2,(H,9,10)(H2,11,12,13). The molecule has 7 N–H and O–H groups in total. The molecular weight excluding hydrogens is 227 g/mol. The first-order valence-corrected chi connectivity index (χ1v) is 5.73. The zero-order valence-electron chi connectivity index (χ0n) is 7.94. The van der Waals surface area contributed by atoms with Crippen LogP contribution < -0.4 is 11.5 Å². The van der Waals surface area contributed by atoms with Gasteiger partial charge in [0.15, 0.2) is 0 Å². The minimum atomic E-state index is -4.74. The summed E-state index contributed by atoms with van der Waals surface area (Å²) < 4.78 is 14.8. The molecule has 0 aromatic rings.